The predicted octanol–water partition coefficient (Wildman–Crippen LogP) is 7.14. The van der Waals surface area contributed by atoms with E-state index in [4.69, 9.17) is 0 Å². The molecule has 1 amide bonds. The lowest BCUT2D eigenvalue weighted by atomic mass is 9.77. The van der Waals surface area contributed by atoms with Crippen molar-refractivity contribution in [3.63, 3.8) is 0 Å². The van der Waals surface area contributed by atoms with Crippen molar-refractivity contribution in [1.29, 1.82) is 0 Å². The number of rotatable bonds is 10. The molecule has 1 fully saturated rings. The van der Waals surface area contributed by atoms with Crippen molar-refractivity contribution in [1.82, 2.24) is 10.6 Å². The highest BCUT2D eigenvalue weighted by molar-refractivity contribution is 5.79. The number of aliphatic imine (C=N–C) groups is 1. The first-order valence-corrected chi connectivity index (χ1v) is 14.4. The lowest BCUT2D eigenvalue weighted by Gasteiger charge is -2.31. The summed E-state index contributed by atoms with van der Waals surface area (Å²) in [7, 11) is 0. The van der Waals surface area contributed by atoms with Crippen molar-refractivity contribution in [3.05, 3.63) is 59.7 Å². The van der Waals surface area contributed by atoms with Gasteiger partial charge in [0.05, 0.1) is 6.04 Å². The maximum Gasteiger partial charge on any atom is 0.585 e. The van der Waals surface area contributed by atoms with Gasteiger partial charge < -0.3 is 20.1 Å². The van der Waals surface area contributed by atoms with Gasteiger partial charge >= 0.3 is 6.29 Å². The molecule has 3 unspecified atom stereocenters. The fourth-order valence-corrected chi connectivity index (χ4v) is 5.64. The molecule has 2 N–H and O–H groups in total. The number of ether oxygens (including phenoxy) is 2. The molecular weight excluding hydrogens is 500 g/mol. The van der Waals surface area contributed by atoms with Crippen LogP contribution in [0.25, 0.3) is 0 Å². The molecule has 4 atom stereocenters. The zero-order valence-electron chi connectivity index (χ0n) is 24.0. The van der Waals surface area contributed by atoms with E-state index in [1.54, 1.807) is 13.0 Å². The average Bonchev–Trinajstić information content (AvgIpc) is 3.21. The van der Waals surface area contributed by atoms with Gasteiger partial charge in [-0.1, -0.05) is 57.4 Å². The summed E-state index contributed by atoms with van der Waals surface area (Å²) in [5, 5.41) is 6.29. The van der Waals surface area contributed by atoms with E-state index in [0.29, 0.717) is 11.8 Å². The predicted molar refractivity (Wildman–Crippen MR) is 152 cm³/mol. The van der Waals surface area contributed by atoms with Crippen LogP contribution in [0.3, 0.4) is 0 Å². The first kappa shape index (κ1) is 30.6. The first-order valence-electron chi connectivity index (χ1n) is 14.4. The van der Waals surface area contributed by atoms with Crippen molar-refractivity contribution in [2.75, 3.05) is 0 Å². The van der Waals surface area contributed by atoms with Gasteiger partial charge in [-0.3, -0.25) is 9.79 Å². The molecule has 0 spiro atoms. The lowest BCUT2D eigenvalue weighted by molar-refractivity contribution is -0.337. The Bertz CT molecular complexity index is 1000. The summed E-state index contributed by atoms with van der Waals surface area (Å²) in [5.41, 5.74) is 1.44. The van der Waals surface area contributed by atoms with Gasteiger partial charge in [-0.05, 0) is 82.2 Å². The molecule has 0 aromatic heterocycles. The first-order chi connectivity index (χ1) is 18.6. The molecule has 0 aromatic carbocycles. The number of nitrogens with zero attached hydrogens (tertiary/aromatic N) is 1. The van der Waals surface area contributed by atoms with Crippen molar-refractivity contribution >= 4 is 12.1 Å². The van der Waals surface area contributed by atoms with E-state index in [0.717, 1.165) is 44.9 Å². The Kier molecular flexibility index (Phi) is 11.4. The van der Waals surface area contributed by atoms with Gasteiger partial charge in [0.15, 0.2) is 11.5 Å². The highest BCUT2D eigenvalue weighted by Crippen LogP contribution is 2.41. The Morgan fingerprint density at radius 1 is 1.18 bits per heavy atom. The fourth-order valence-electron chi connectivity index (χ4n) is 5.64. The molecule has 0 bridgehead atoms. The van der Waals surface area contributed by atoms with E-state index in [2.05, 4.69) is 38.1 Å². The second-order valence-corrected chi connectivity index (χ2v) is 10.8. The maximum atomic E-state index is 13.5. The number of alkyl halides is 2. The number of halogens is 2. The summed E-state index contributed by atoms with van der Waals surface area (Å²) in [6, 6.07) is -0.407. The monoisotopic (exact) mass is 545 g/mol. The third kappa shape index (κ3) is 8.80. The van der Waals surface area contributed by atoms with Crippen LogP contribution in [0.1, 0.15) is 79.6 Å². The van der Waals surface area contributed by atoms with Gasteiger partial charge in [0.25, 0.3) is 0 Å². The van der Waals surface area contributed by atoms with Gasteiger partial charge in [-0.2, -0.15) is 0 Å². The molecule has 0 aromatic rings. The normalized spacial score (nSPS) is 29.1. The van der Waals surface area contributed by atoms with Crippen LogP contribution in [0, 0.1) is 23.7 Å². The lowest BCUT2D eigenvalue weighted by Crippen LogP contribution is -2.44. The Morgan fingerprint density at radius 3 is 2.56 bits per heavy atom. The number of allylic oxidation sites excluding steroid dienone is 6. The zero-order chi connectivity index (χ0) is 28.4. The Balaban J connectivity index is 1.48. The third-order valence-electron chi connectivity index (χ3n) is 8.06. The summed E-state index contributed by atoms with van der Waals surface area (Å²) in [5.74, 6) is 0.365. The van der Waals surface area contributed by atoms with Crippen LogP contribution >= 0.6 is 0 Å². The molecule has 2 aliphatic carbocycles. The van der Waals surface area contributed by atoms with E-state index >= 15 is 0 Å². The van der Waals surface area contributed by atoms with Crippen molar-refractivity contribution in [2.45, 2.75) is 98.1 Å². The maximum absolute atomic E-state index is 13.5. The van der Waals surface area contributed by atoms with E-state index < -0.39 is 18.3 Å². The molecule has 3 aliphatic rings. The number of hydrogen-bond donors (Lipinski definition) is 2. The van der Waals surface area contributed by atoms with Crippen LogP contribution in [0.2, 0.25) is 0 Å². The highest BCUT2D eigenvalue weighted by Gasteiger charge is 2.48. The number of carbonyl (C=O) groups excluding carboxylic acids is 1. The highest BCUT2D eigenvalue weighted by atomic mass is 19.3. The van der Waals surface area contributed by atoms with Gasteiger partial charge in [0, 0.05) is 18.1 Å². The topological polar surface area (TPSA) is 72.0 Å². The zero-order valence-corrected chi connectivity index (χ0v) is 24.0. The Morgan fingerprint density at radius 2 is 1.90 bits per heavy atom. The van der Waals surface area contributed by atoms with Gasteiger partial charge in [-0.15, -0.1) is 8.78 Å². The molecule has 0 saturated heterocycles. The quantitative estimate of drug-likeness (QED) is 0.226. The molecule has 0 radical (unpaired) electrons. The van der Waals surface area contributed by atoms with E-state index in [1.165, 1.54) is 11.6 Å². The minimum atomic E-state index is -3.65. The average molecular weight is 546 g/mol. The fraction of sp³-hybridized carbons (Fsp3) is 0.613. The molecule has 6 nitrogen and oxygen atoms in total. The Hall–Kier alpha value is -2.90. The summed E-state index contributed by atoms with van der Waals surface area (Å²) >= 11 is 0. The Labute approximate surface area is 232 Å². The van der Waals surface area contributed by atoms with Crippen LogP contribution in [-0.2, 0) is 14.3 Å². The van der Waals surface area contributed by atoms with Crippen LogP contribution in [0.15, 0.2) is 64.7 Å². The molecule has 8 heteroatoms. The van der Waals surface area contributed by atoms with Crippen LogP contribution in [0.5, 0.6) is 0 Å². The molecule has 3 rings (SSSR count). The van der Waals surface area contributed by atoms with E-state index in [-0.39, 0.29) is 29.5 Å². The molecular formula is C31H45F2N3O3. The van der Waals surface area contributed by atoms with E-state index in [1.807, 2.05) is 51.4 Å². The number of carbonyl (C=O) groups is 1. The van der Waals surface area contributed by atoms with Crippen molar-refractivity contribution in [3.8, 4) is 0 Å². The van der Waals surface area contributed by atoms with Crippen LogP contribution in [-0.4, -0.2) is 30.6 Å². The second kappa shape index (κ2) is 14.5. The number of amides is 1. The largest absolute Gasteiger partial charge is 0.585 e. The smallest absolute Gasteiger partial charge is 0.399 e. The van der Waals surface area contributed by atoms with Crippen LogP contribution < -0.4 is 10.6 Å². The summed E-state index contributed by atoms with van der Waals surface area (Å²) in [4.78, 5) is 17.7. The molecule has 1 aliphatic heterocycles. The van der Waals surface area contributed by atoms with Gasteiger partial charge in [0.2, 0.25) is 5.91 Å². The standard InChI is InChI=1S/C31H45F2N3O3/c1-6-8-9-19-34-23(5)35-20-18-24(7-2)26-14-10-12-25(13-11-15-26)21(3)30(37)36-27-16-17-28-29(22(27)4)39-31(32,33)38-28/h6,8-9,16-23,25-27,34H,7,10-15H2,1-5H3,(H,36,37)/b8-6-,19-9-,24-18+,35-20-/t21-,22?,23?,25?,26?,27?/m1/s1. The molecule has 39 heavy (non-hydrogen) atoms. The van der Waals surface area contributed by atoms with Crippen molar-refractivity contribution in [2.24, 2.45) is 28.7 Å². The van der Waals surface area contributed by atoms with Crippen LogP contribution in [0.4, 0.5) is 8.78 Å². The van der Waals surface area contributed by atoms with E-state index in [9.17, 15) is 13.6 Å². The molecule has 1 saturated carbocycles. The molecule has 216 valence electrons. The summed E-state index contributed by atoms with van der Waals surface area (Å²) in [6.45, 7) is 9.96. The summed E-state index contributed by atoms with van der Waals surface area (Å²) < 4.78 is 36.2. The number of hydrogen-bond acceptors (Lipinski definition) is 5. The minimum Gasteiger partial charge on any atom is -0.399 e. The third-order valence-corrected chi connectivity index (χ3v) is 8.06. The van der Waals surface area contributed by atoms with Crippen molar-refractivity contribution < 1.29 is 23.0 Å². The molecule has 1 heterocycles. The number of nitrogens with one attached hydrogen (secondary N) is 2. The minimum absolute atomic E-state index is 0.0115. The summed E-state index contributed by atoms with van der Waals surface area (Å²) in [6.07, 6.45) is 18.8. The van der Waals surface area contributed by atoms with Gasteiger partial charge in [0.1, 0.15) is 6.17 Å². The van der Waals surface area contributed by atoms with Gasteiger partial charge in [-0.25, -0.2) is 0 Å². The SMILES string of the molecule is C/C=C\C=C/NC(C)/N=C\C=C(/CC)C1CCCC([C@@H](C)C(=O)NC2C=CC3=C(OC(F)(F)O3)C2C)CCC1. The second-order valence-electron chi connectivity index (χ2n) is 10.8.